The van der Waals surface area contributed by atoms with E-state index in [2.05, 4.69) is 53.8 Å². The molecule has 1 aliphatic carbocycles. The SMILES string of the molecule is CC(C)NCC1(C)CC(C)(C)CC(N)(C(C)C)C1. The van der Waals surface area contributed by atoms with Gasteiger partial charge in [-0.3, -0.25) is 0 Å². The van der Waals surface area contributed by atoms with Crippen molar-refractivity contribution in [2.45, 2.75) is 79.3 Å². The summed E-state index contributed by atoms with van der Waals surface area (Å²) in [5, 5.41) is 3.61. The molecular formula is C16H34N2. The van der Waals surface area contributed by atoms with Gasteiger partial charge in [0.1, 0.15) is 0 Å². The second-order valence-electron chi connectivity index (χ2n) is 8.43. The molecule has 1 fully saturated rings. The van der Waals surface area contributed by atoms with E-state index in [1.807, 2.05) is 0 Å². The quantitative estimate of drug-likeness (QED) is 0.805. The highest BCUT2D eigenvalue weighted by Crippen LogP contribution is 2.51. The van der Waals surface area contributed by atoms with Crippen LogP contribution in [-0.4, -0.2) is 18.1 Å². The number of hydrogen-bond donors (Lipinski definition) is 2. The monoisotopic (exact) mass is 254 g/mol. The van der Waals surface area contributed by atoms with E-state index in [1.54, 1.807) is 0 Å². The van der Waals surface area contributed by atoms with E-state index >= 15 is 0 Å². The van der Waals surface area contributed by atoms with Crippen LogP contribution in [0.2, 0.25) is 0 Å². The summed E-state index contributed by atoms with van der Waals surface area (Å²) in [6, 6.07) is 0.554. The lowest BCUT2D eigenvalue weighted by Crippen LogP contribution is -2.58. The zero-order valence-corrected chi connectivity index (χ0v) is 13.6. The van der Waals surface area contributed by atoms with Gasteiger partial charge in [0.2, 0.25) is 0 Å². The first-order valence-corrected chi connectivity index (χ1v) is 7.50. The molecule has 108 valence electrons. The van der Waals surface area contributed by atoms with Crippen molar-refractivity contribution in [3.63, 3.8) is 0 Å². The van der Waals surface area contributed by atoms with Crippen LogP contribution in [0.15, 0.2) is 0 Å². The molecular weight excluding hydrogens is 220 g/mol. The second-order valence-corrected chi connectivity index (χ2v) is 8.43. The van der Waals surface area contributed by atoms with Crippen molar-refractivity contribution in [3.8, 4) is 0 Å². The van der Waals surface area contributed by atoms with Crippen molar-refractivity contribution < 1.29 is 0 Å². The highest BCUT2D eigenvalue weighted by Gasteiger charge is 2.48. The highest BCUT2D eigenvalue weighted by atomic mass is 14.9. The average molecular weight is 254 g/mol. The molecule has 0 amide bonds. The van der Waals surface area contributed by atoms with Crippen LogP contribution in [0.5, 0.6) is 0 Å². The van der Waals surface area contributed by atoms with Crippen molar-refractivity contribution >= 4 is 0 Å². The highest BCUT2D eigenvalue weighted by molar-refractivity contribution is 5.04. The largest absolute Gasteiger partial charge is 0.325 e. The van der Waals surface area contributed by atoms with E-state index < -0.39 is 0 Å². The summed E-state index contributed by atoms with van der Waals surface area (Å²) < 4.78 is 0. The molecule has 2 heteroatoms. The maximum atomic E-state index is 6.73. The van der Waals surface area contributed by atoms with Crippen molar-refractivity contribution in [2.24, 2.45) is 22.5 Å². The molecule has 0 bridgehead atoms. The fraction of sp³-hybridized carbons (Fsp3) is 1.00. The Bertz CT molecular complexity index is 283. The van der Waals surface area contributed by atoms with E-state index in [0.717, 1.165) is 19.4 Å². The molecule has 0 aromatic carbocycles. The summed E-state index contributed by atoms with van der Waals surface area (Å²) >= 11 is 0. The smallest absolute Gasteiger partial charge is 0.0188 e. The maximum Gasteiger partial charge on any atom is 0.0188 e. The topological polar surface area (TPSA) is 38.0 Å². The summed E-state index contributed by atoms with van der Waals surface area (Å²) in [5.41, 5.74) is 7.40. The first kappa shape index (κ1) is 16.0. The van der Waals surface area contributed by atoms with Gasteiger partial charge in [-0.05, 0) is 36.0 Å². The number of nitrogens with two attached hydrogens (primary N) is 1. The van der Waals surface area contributed by atoms with E-state index in [0.29, 0.717) is 22.8 Å². The number of nitrogens with one attached hydrogen (secondary N) is 1. The third-order valence-electron chi connectivity index (χ3n) is 4.56. The molecule has 0 radical (unpaired) electrons. The van der Waals surface area contributed by atoms with E-state index in [4.69, 9.17) is 5.73 Å². The average Bonchev–Trinajstić information content (AvgIpc) is 2.10. The molecule has 0 saturated heterocycles. The van der Waals surface area contributed by atoms with Crippen LogP contribution in [-0.2, 0) is 0 Å². The molecule has 0 aromatic heterocycles. The van der Waals surface area contributed by atoms with Gasteiger partial charge in [0.15, 0.2) is 0 Å². The second kappa shape index (κ2) is 5.13. The minimum absolute atomic E-state index is 0.00480. The molecule has 2 unspecified atom stereocenters. The Morgan fingerprint density at radius 3 is 2.00 bits per heavy atom. The fourth-order valence-electron chi connectivity index (χ4n) is 4.01. The third kappa shape index (κ3) is 3.96. The van der Waals surface area contributed by atoms with Gasteiger partial charge in [0.25, 0.3) is 0 Å². The Balaban J connectivity index is 2.86. The molecule has 0 aromatic rings. The standard InChI is InChI=1S/C16H34N2/c1-12(2)16(17)9-14(5,6)8-15(7,10-16)11-18-13(3)4/h12-13,18H,8-11,17H2,1-7H3. The summed E-state index contributed by atoms with van der Waals surface area (Å²) in [6.45, 7) is 17.2. The lowest BCUT2D eigenvalue weighted by molar-refractivity contribution is 0.0142. The Kier molecular flexibility index (Phi) is 4.55. The lowest BCUT2D eigenvalue weighted by Gasteiger charge is -2.53. The van der Waals surface area contributed by atoms with Crippen LogP contribution in [0.1, 0.15) is 67.7 Å². The van der Waals surface area contributed by atoms with Crippen molar-refractivity contribution in [1.82, 2.24) is 5.32 Å². The normalized spacial score (nSPS) is 36.3. The first-order chi connectivity index (χ1) is 7.98. The summed E-state index contributed by atoms with van der Waals surface area (Å²) in [7, 11) is 0. The molecule has 2 nitrogen and oxygen atoms in total. The predicted molar refractivity (Wildman–Crippen MR) is 80.6 cm³/mol. The lowest BCUT2D eigenvalue weighted by atomic mass is 9.55. The summed E-state index contributed by atoms with van der Waals surface area (Å²) in [6.07, 6.45) is 3.56. The predicted octanol–water partition coefficient (Wildman–Crippen LogP) is 3.55. The Morgan fingerprint density at radius 1 is 1.00 bits per heavy atom. The fourth-order valence-corrected chi connectivity index (χ4v) is 4.01. The Hall–Kier alpha value is -0.0800. The van der Waals surface area contributed by atoms with Crippen molar-refractivity contribution in [2.75, 3.05) is 6.54 Å². The zero-order valence-electron chi connectivity index (χ0n) is 13.6. The minimum atomic E-state index is -0.00480. The van der Waals surface area contributed by atoms with E-state index in [9.17, 15) is 0 Å². The summed E-state index contributed by atoms with van der Waals surface area (Å²) in [4.78, 5) is 0. The zero-order chi connectivity index (χ0) is 14.2. The van der Waals surface area contributed by atoms with Crippen LogP contribution in [0.3, 0.4) is 0 Å². The van der Waals surface area contributed by atoms with Gasteiger partial charge >= 0.3 is 0 Å². The van der Waals surface area contributed by atoms with Gasteiger partial charge in [-0.2, -0.15) is 0 Å². The molecule has 18 heavy (non-hydrogen) atoms. The third-order valence-corrected chi connectivity index (χ3v) is 4.56. The Morgan fingerprint density at radius 2 is 1.56 bits per heavy atom. The molecule has 1 aliphatic rings. The molecule has 1 rings (SSSR count). The van der Waals surface area contributed by atoms with Gasteiger partial charge in [0.05, 0.1) is 0 Å². The van der Waals surface area contributed by atoms with Crippen LogP contribution in [0.4, 0.5) is 0 Å². The molecule has 1 saturated carbocycles. The van der Waals surface area contributed by atoms with Gasteiger partial charge in [0, 0.05) is 18.1 Å². The Labute approximate surface area is 114 Å². The van der Waals surface area contributed by atoms with Crippen LogP contribution in [0.25, 0.3) is 0 Å². The molecule has 0 aliphatic heterocycles. The van der Waals surface area contributed by atoms with Crippen molar-refractivity contribution in [1.29, 1.82) is 0 Å². The number of hydrogen-bond acceptors (Lipinski definition) is 2. The molecule has 0 heterocycles. The summed E-state index contributed by atoms with van der Waals surface area (Å²) in [5.74, 6) is 0.551. The molecule has 0 spiro atoms. The van der Waals surface area contributed by atoms with Crippen LogP contribution < -0.4 is 11.1 Å². The van der Waals surface area contributed by atoms with E-state index in [1.165, 1.54) is 6.42 Å². The van der Waals surface area contributed by atoms with Gasteiger partial charge < -0.3 is 11.1 Å². The first-order valence-electron chi connectivity index (χ1n) is 7.50. The van der Waals surface area contributed by atoms with Gasteiger partial charge in [-0.1, -0.05) is 48.5 Å². The van der Waals surface area contributed by atoms with Gasteiger partial charge in [-0.25, -0.2) is 0 Å². The maximum absolute atomic E-state index is 6.73. The molecule has 3 N–H and O–H groups in total. The minimum Gasteiger partial charge on any atom is -0.325 e. The number of rotatable bonds is 4. The van der Waals surface area contributed by atoms with Crippen LogP contribution >= 0.6 is 0 Å². The van der Waals surface area contributed by atoms with Crippen molar-refractivity contribution in [3.05, 3.63) is 0 Å². The van der Waals surface area contributed by atoms with Gasteiger partial charge in [-0.15, -0.1) is 0 Å². The van der Waals surface area contributed by atoms with E-state index in [-0.39, 0.29) is 5.54 Å². The molecule has 2 atom stereocenters. The van der Waals surface area contributed by atoms with Crippen LogP contribution in [0, 0.1) is 16.7 Å².